The van der Waals surface area contributed by atoms with Crippen molar-refractivity contribution < 1.29 is 19.2 Å². The second kappa shape index (κ2) is 5.01. The summed E-state index contributed by atoms with van der Waals surface area (Å²) in [6.45, 7) is 0. The zero-order valence-electron chi connectivity index (χ0n) is 10.9. The van der Waals surface area contributed by atoms with Crippen LogP contribution in [-0.4, -0.2) is 37.4 Å². The first-order valence-corrected chi connectivity index (χ1v) is 5.58. The molecule has 2 aromatic rings. The highest BCUT2D eigenvalue weighted by Gasteiger charge is 2.16. The van der Waals surface area contributed by atoms with Gasteiger partial charge in [-0.25, -0.2) is 4.79 Å². The Kier molecular flexibility index (Phi) is 3.41. The molecule has 0 saturated heterocycles. The molecule has 0 fully saturated rings. The third-order valence-corrected chi connectivity index (χ3v) is 2.69. The predicted octanol–water partition coefficient (Wildman–Crippen LogP) is 2.11. The van der Waals surface area contributed by atoms with E-state index in [4.69, 9.17) is 14.4 Å². The highest BCUT2D eigenvalue weighted by atomic mass is 16.5. The normalized spacial score (nSPS) is 10.3. The monoisotopic (exact) mass is 262 g/mol. The summed E-state index contributed by atoms with van der Waals surface area (Å²) in [6, 6.07) is 6.93. The standard InChI is InChI=1S/C13H14N2O4/c1-15(2)8-4-5-11(18-3)9(6-8)12-7-10(13(16)17)14-19-12/h4-7H,1-3H3,(H,16,17). The number of ether oxygens (including phenoxy) is 1. The third-order valence-electron chi connectivity index (χ3n) is 2.69. The first-order chi connectivity index (χ1) is 9.02. The summed E-state index contributed by atoms with van der Waals surface area (Å²) in [6.07, 6.45) is 0. The van der Waals surface area contributed by atoms with Crippen LogP contribution >= 0.6 is 0 Å². The maximum atomic E-state index is 10.8. The van der Waals surface area contributed by atoms with Crippen LogP contribution in [0.15, 0.2) is 28.8 Å². The molecule has 1 aromatic heterocycles. The second-order valence-corrected chi connectivity index (χ2v) is 4.16. The van der Waals surface area contributed by atoms with Crippen LogP contribution in [0.4, 0.5) is 5.69 Å². The molecule has 0 atom stereocenters. The van der Waals surface area contributed by atoms with Crippen LogP contribution in [0.5, 0.6) is 5.75 Å². The Labute approximate surface area is 110 Å². The van der Waals surface area contributed by atoms with Gasteiger partial charge in [-0.3, -0.25) is 0 Å². The minimum Gasteiger partial charge on any atom is -0.496 e. The van der Waals surface area contributed by atoms with Gasteiger partial charge < -0.3 is 19.3 Å². The van der Waals surface area contributed by atoms with Crippen molar-refractivity contribution in [2.45, 2.75) is 0 Å². The molecule has 1 aromatic carbocycles. The van der Waals surface area contributed by atoms with Crippen LogP contribution in [0.3, 0.4) is 0 Å². The number of aromatic carboxylic acids is 1. The van der Waals surface area contributed by atoms with Crippen LogP contribution in [0.2, 0.25) is 0 Å². The lowest BCUT2D eigenvalue weighted by Gasteiger charge is -2.14. The van der Waals surface area contributed by atoms with E-state index in [1.807, 2.05) is 31.1 Å². The van der Waals surface area contributed by atoms with E-state index < -0.39 is 5.97 Å². The topological polar surface area (TPSA) is 75.8 Å². The van der Waals surface area contributed by atoms with Gasteiger partial charge in [-0.2, -0.15) is 0 Å². The lowest BCUT2D eigenvalue weighted by Crippen LogP contribution is -2.08. The second-order valence-electron chi connectivity index (χ2n) is 4.16. The zero-order valence-corrected chi connectivity index (χ0v) is 10.9. The molecule has 19 heavy (non-hydrogen) atoms. The van der Waals surface area contributed by atoms with Crippen molar-refractivity contribution in [3.8, 4) is 17.1 Å². The minimum absolute atomic E-state index is 0.132. The smallest absolute Gasteiger partial charge is 0.358 e. The molecule has 100 valence electrons. The number of carboxylic acids is 1. The molecule has 0 aliphatic heterocycles. The molecule has 0 saturated carbocycles. The van der Waals surface area contributed by atoms with E-state index >= 15 is 0 Å². The number of hydrogen-bond acceptors (Lipinski definition) is 5. The van der Waals surface area contributed by atoms with Gasteiger partial charge in [-0.05, 0) is 18.2 Å². The van der Waals surface area contributed by atoms with Crippen LogP contribution < -0.4 is 9.64 Å². The quantitative estimate of drug-likeness (QED) is 0.909. The molecule has 6 nitrogen and oxygen atoms in total. The zero-order chi connectivity index (χ0) is 14.0. The Morgan fingerprint density at radius 2 is 2.11 bits per heavy atom. The van der Waals surface area contributed by atoms with Crippen LogP contribution in [-0.2, 0) is 0 Å². The molecule has 0 spiro atoms. The third kappa shape index (κ3) is 2.52. The van der Waals surface area contributed by atoms with Gasteiger partial charge in [0.1, 0.15) is 5.75 Å². The van der Waals surface area contributed by atoms with Crippen molar-refractivity contribution in [1.82, 2.24) is 5.16 Å². The maximum absolute atomic E-state index is 10.8. The van der Waals surface area contributed by atoms with Crippen LogP contribution in [0, 0.1) is 0 Å². The number of nitrogens with zero attached hydrogens (tertiary/aromatic N) is 2. The molecule has 1 N–H and O–H groups in total. The highest BCUT2D eigenvalue weighted by molar-refractivity contribution is 5.87. The average Bonchev–Trinajstić information content (AvgIpc) is 2.87. The summed E-state index contributed by atoms with van der Waals surface area (Å²) in [4.78, 5) is 12.7. The van der Waals surface area contributed by atoms with Gasteiger partial charge in [0.2, 0.25) is 0 Å². The van der Waals surface area contributed by atoms with E-state index in [0.717, 1.165) is 5.69 Å². The molecule has 6 heteroatoms. The summed E-state index contributed by atoms with van der Waals surface area (Å²) in [7, 11) is 5.37. The Hall–Kier alpha value is -2.50. The molecular weight excluding hydrogens is 248 g/mol. The highest BCUT2D eigenvalue weighted by Crippen LogP contribution is 2.33. The molecule has 1 heterocycles. The maximum Gasteiger partial charge on any atom is 0.358 e. The molecule has 2 rings (SSSR count). The molecule has 0 bridgehead atoms. The Morgan fingerprint density at radius 3 is 2.63 bits per heavy atom. The largest absolute Gasteiger partial charge is 0.496 e. The minimum atomic E-state index is -1.13. The van der Waals surface area contributed by atoms with Gasteiger partial charge in [0.15, 0.2) is 11.5 Å². The summed E-state index contributed by atoms with van der Waals surface area (Å²) in [5.41, 5.74) is 1.48. The number of hydrogen-bond donors (Lipinski definition) is 1. The van der Waals surface area contributed by atoms with Crippen molar-refractivity contribution in [2.75, 3.05) is 26.1 Å². The molecule has 0 radical (unpaired) electrons. The van der Waals surface area contributed by atoms with Crippen molar-refractivity contribution >= 4 is 11.7 Å². The molecule has 0 amide bonds. The van der Waals surface area contributed by atoms with E-state index in [1.165, 1.54) is 6.07 Å². The predicted molar refractivity (Wildman–Crippen MR) is 69.8 cm³/mol. The Morgan fingerprint density at radius 1 is 1.37 bits per heavy atom. The average molecular weight is 262 g/mol. The fourth-order valence-electron chi connectivity index (χ4n) is 1.67. The molecular formula is C13H14N2O4. The number of anilines is 1. The Bertz CT molecular complexity index is 604. The van der Waals surface area contributed by atoms with E-state index in [1.54, 1.807) is 13.2 Å². The summed E-state index contributed by atoms with van der Waals surface area (Å²) >= 11 is 0. The first kappa shape index (κ1) is 12.9. The van der Waals surface area contributed by atoms with Crippen molar-refractivity contribution in [3.05, 3.63) is 30.0 Å². The lowest BCUT2D eigenvalue weighted by atomic mass is 10.1. The van der Waals surface area contributed by atoms with Gasteiger partial charge in [-0.1, -0.05) is 5.16 Å². The van der Waals surface area contributed by atoms with Gasteiger partial charge >= 0.3 is 5.97 Å². The number of aromatic nitrogens is 1. The van der Waals surface area contributed by atoms with E-state index in [-0.39, 0.29) is 5.69 Å². The summed E-state index contributed by atoms with van der Waals surface area (Å²) < 4.78 is 10.3. The SMILES string of the molecule is COc1ccc(N(C)C)cc1-c1cc(C(=O)O)no1. The first-order valence-electron chi connectivity index (χ1n) is 5.58. The van der Waals surface area contributed by atoms with Crippen molar-refractivity contribution in [3.63, 3.8) is 0 Å². The van der Waals surface area contributed by atoms with Gasteiger partial charge in [0.25, 0.3) is 0 Å². The number of carboxylic acid groups (broad SMARTS) is 1. The fraction of sp³-hybridized carbons (Fsp3) is 0.231. The van der Waals surface area contributed by atoms with Gasteiger partial charge in [-0.15, -0.1) is 0 Å². The number of rotatable bonds is 4. The number of benzene rings is 1. The lowest BCUT2D eigenvalue weighted by molar-refractivity contribution is 0.0686. The summed E-state index contributed by atoms with van der Waals surface area (Å²) in [5, 5.41) is 12.4. The molecule has 0 unspecified atom stereocenters. The van der Waals surface area contributed by atoms with Crippen LogP contribution in [0.1, 0.15) is 10.5 Å². The van der Waals surface area contributed by atoms with Crippen molar-refractivity contribution in [1.29, 1.82) is 0 Å². The van der Waals surface area contributed by atoms with E-state index in [2.05, 4.69) is 5.16 Å². The molecule has 0 aliphatic rings. The van der Waals surface area contributed by atoms with Gasteiger partial charge in [0, 0.05) is 25.8 Å². The fourth-order valence-corrected chi connectivity index (χ4v) is 1.67. The Balaban J connectivity index is 2.51. The van der Waals surface area contributed by atoms with Crippen molar-refractivity contribution in [2.24, 2.45) is 0 Å². The van der Waals surface area contributed by atoms with Crippen LogP contribution in [0.25, 0.3) is 11.3 Å². The van der Waals surface area contributed by atoms with Gasteiger partial charge in [0.05, 0.1) is 12.7 Å². The number of carbonyl (C=O) groups is 1. The van der Waals surface area contributed by atoms with E-state index in [9.17, 15) is 4.79 Å². The van der Waals surface area contributed by atoms with E-state index in [0.29, 0.717) is 17.1 Å². The summed E-state index contributed by atoms with van der Waals surface area (Å²) in [5.74, 6) is -0.172. The molecule has 0 aliphatic carbocycles. The number of methoxy groups -OCH3 is 1.